The Hall–Kier alpha value is -0.780. The van der Waals surface area contributed by atoms with E-state index < -0.39 is 0 Å². The number of halogens is 2. The zero-order valence-electron chi connectivity index (χ0n) is 12.4. The van der Waals surface area contributed by atoms with Crippen LogP contribution in [0.2, 0.25) is 0 Å². The highest BCUT2D eigenvalue weighted by Gasteiger charge is 2.23. The number of rotatable bonds is 3. The van der Waals surface area contributed by atoms with Crippen molar-refractivity contribution >= 4 is 34.2 Å². The minimum absolute atomic E-state index is 0. The summed E-state index contributed by atoms with van der Waals surface area (Å²) in [5.41, 5.74) is 0.657. The van der Waals surface area contributed by atoms with Gasteiger partial charge in [-0.1, -0.05) is 0 Å². The van der Waals surface area contributed by atoms with Gasteiger partial charge in [-0.3, -0.25) is 4.79 Å². The van der Waals surface area contributed by atoms with Gasteiger partial charge in [0.25, 0.3) is 5.91 Å². The first-order chi connectivity index (χ1) is 9.63. The number of carbonyl (C=O) groups is 1. The molecule has 1 aliphatic rings. The van der Waals surface area contributed by atoms with Gasteiger partial charge in [0.15, 0.2) is 0 Å². The second kappa shape index (κ2) is 8.61. The van der Waals surface area contributed by atoms with Crippen molar-refractivity contribution in [2.24, 2.45) is 0 Å². The van der Waals surface area contributed by atoms with Gasteiger partial charge in [-0.25, -0.2) is 0 Å². The van der Waals surface area contributed by atoms with E-state index in [0.29, 0.717) is 17.4 Å². The van der Waals surface area contributed by atoms with Gasteiger partial charge in [0.2, 0.25) is 0 Å². The molecule has 0 radical (unpaired) electrons. The lowest BCUT2D eigenvalue weighted by Crippen LogP contribution is -2.37. The topological polar surface area (TPSA) is 41.6 Å². The lowest BCUT2D eigenvalue weighted by Gasteiger charge is -2.27. The van der Waals surface area contributed by atoms with Crippen LogP contribution in [0.5, 0.6) is 5.75 Å². The van der Waals surface area contributed by atoms with E-state index in [9.17, 15) is 4.79 Å². The molecule has 1 aromatic rings. The van der Waals surface area contributed by atoms with Crippen LogP contribution in [-0.4, -0.2) is 44.1 Å². The van der Waals surface area contributed by atoms with Crippen LogP contribution in [0.1, 0.15) is 29.6 Å². The molecule has 1 saturated heterocycles. The number of nitrogens with zero attached hydrogens (tertiary/aromatic N) is 1. The second-order valence-electron chi connectivity index (χ2n) is 5.10. The Bertz CT molecular complexity index is 477. The first kappa shape index (κ1) is 18.3. The number of nitrogens with one attached hydrogen (secondary N) is 1. The monoisotopic (exact) mass is 376 g/mol. The lowest BCUT2D eigenvalue weighted by molar-refractivity contribution is 0.0719. The van der Waals surface area contributed by atoms with E-state index >= 15 is 0 Å². The molecule has 1 unspecified atom stereocenters. The van der Waals surface area contributed by atoms with Crippen molar-refractivity contribution in [3.8, 4) is 5.75 Å². The summed E-state index contributed by atoms with van der Waals surface area (Å²) in [6.07, 6.45) is 3.17. The third kappa shape index (κ3) is 4.59. The van der Waals surface area contributed by atoms with Gasteiger partial charge in [-0.05, 0) is 66.5 Å². The van der Waals surface area contributed by atoms with Gasteiger partial charge in [0, 0.05) is 17.6 Å². The molecule has 0 aromatic heterocycles. The standard InChI is InChI=1S/C15H21BrN2O2.ClH/c1-18(11-4-3-8-17-9-7-11)15(19)13-10-12(20-2)5-6-14(13)16;/h5-6,10-11,17H,3-4,7-9H2,1-2H3;1H. The number of benzene rings is 1. The molecular formula is C15H22BrClN2O2. The van der Waals surface area contributed by atoms with Crippen molar-refractivity contribution in [1.29, 1.82) is 0 Å². The van der Waals surface area contributed by atoms with E-state index in [4.69, 9.17) is 4.74 Å². The van der Waals surface area contributed by atoms with Gasteiger partial charge in [-0.2, -0.15) is 0 Å². The van der Waals surface area contributed by atoms with Crippen molar-refractivity contribution in [3.05, 3.63) is 28.2 Å². The van der Waals surface area contributed by atoms with Gasteiger partial charge in [0.1, 0.15) is 5.75 Å². The molecule has 6 heteroatoms. The summed E-state index contributed by atoms with van der Waals surface area (Å²) in [7, 11) is 3.50. The molecule has 1 atom stereocenters. The zero-order valence-corrected chi connectivity index (χ0v) is 14.8. The number of amides is 1. The van der Waals surface area contributed by atoms with Gasteiger partial charge in [-0.15, -0.1) is 12.4 Å². The lowest BCUT2D eigenvalue weighted by atomic mass is 10.1. The molecule has 2 rings (SSSR count). The molecule has 0 spiro atoms. The molecule has 1 amide bonds. The molecule has 0 saturated carbocycles. The van der Waals surface area contributed by atoms with Crippen LogP contribution in [0, 0.1) is 0 Å². The van der Waals surface area contributed by atoms with E-state index in [1.807, 2.05) is 24.1 Å². The van der Waals surface area contributed by atoms with Gasteiger partial charge in [0.05, 0.1) is 12.7 Å². The third-order valence-corrected chi connectivity index (χ3v) is 4.51. The molecular weight excluding hydrogens is 356 g/mol. The number of hydrogen-bond acceptors (Lipinski definition) is 3. The maximum atomic E-state index is 12.7. The normalized spacial score (nSPS) is 18.3. The Morgan fingerprint density at radius 1 is 1.38 bits per heavy atom. The fraction of sp³-hybridized carbons (Fsp3) is 0.533. The van der Waals surface area contributed by atoms with E-state index in [2.05, 4.69) is 21.2 Å². The van der Waals surface area contributed by atoms with Gasteiger partial charge < -0.3 is 15.0 Å². The Balaban J connectivity index is 0.00000220. The Kier molecular flexibility index (Phi) is 7.49. The van der Waals surface area contributed by atoms with E-state index in [-0.39, 0.29) is 18.3 Å². The van der Waals surface area contributed by atoms with Crippen molar-refractivity contribution < 1.29 is 9.53 Å². The zero-order chi connectivity index (χ0) is 14.5. The fourth-order valence-electron chi connectivity index (χ4n) is 2.54. The Labute approximate surface area is 140 Å². The molecule has 1 N–H and O–H groups in total. The molecule has 0 bridgehead atoms. The minimum atomic E-state index is 0. The summed E-state index contributed by atoms with van der Waals surface area (Å²) in [6.45, 7) is 2.02. The third-order valence-electron chi connectivity index (χ3n) is 3.82. The van der Waals surface area contributed by atoms with Crippen molar-refractivity contribution in [2.45, 2.75) is 25.3 Å². The second-order valence-corrected chi connectivity index (χ2v) is 5.95. The quantitative estimate of drug-likeness (QED) is 0.880. The number of hydrogen-bond donors (Lipinski definition) is 1. The van der Waals surface area contributed by atoms with Crippen molar-refractivity contribution in [2.75, 3.05) is 27.2 Å². The number of ether oxygens (including phenoxy) is 1. The predicted octanol–water partition coefficient (Wildman–Crippen LogP) is 3.09. The maximum Gasteiger partial charge on any atom is 0.255 e. The van der Waals surface area contributed by atoms with Crippen LogP contribution in [0.3, 0.4) is 0 Å². The molecule has 1 aliphatic heterocycles. The number of carbonyl (C=O) groups excluding carboxylic acids is 1. The molecule has 1 fully saturated rings. The summed E-state index contributed by atoms with van der Waals surface area (Å²) in [5.74, 6) is 0.746. The Morgan fingerprint density at radius 3 is 2.86 bits per heavy atom. The first-order valence-electron chi connectivity index (χ1n) is 6.95. The summed E-state index contributed by atoms with van der Waals surface area (Å²) >= 11 is 3.45. The minimum Gasteiger partial charge on any atom is -0.497 e. The number of methoxy groups -OCH3 is 1. The van der Waals surface area contributed by atoms with Crippen molar-refractivity contribution in [1.82, 2.24) is 10.2 Å². The summed E-state index contributed by atoms with van der Waals surface area (Å²) < 4.78 is 6.01. The SMILES string of the molecule is COc1ccc(Br)c(C(=O)N(C)C2CCCNCC2)c1.Cl. The van der Waals surface area contributed by atoms with E-state index in [1.54, 1.807) is 13.2 Å². The smallest absolute Gasteiger partial charge is 0.255 e. The van der Waals surface area contributed by atoms with Crippen molar-refractivity contribution in [3.63, 3.8) is 0 Å². The molecule has 4 nitrogen and oxygen atoms in total. The van der Waals surface area contributed by atoms with Crippen LogP contribution in [0.4, 0.5) is 0 Å². The Morgan fingerprint density at radius 2 is 2.14 bits per heavy atom. The highest BCUT2D eigenvalue weighted by molar-refractivity contribution is 9.10. The van der Waals surface area contributed by atoms with Gasteiger partial charge >= 0.3 is 0 Å². The summed E-state index contributed by atoms with van der Waals surface area (Å²) in [6, 6.07) is 5.79. The molecule has 1 aromatic carbocycles. The van der Waals surface area contributed by atoms with Crippen LogP contribution in [0.25, 0.3) is 0 Å². The highest BCUT2D eigenvalue weighted by Crippen LogP contribution is 2.25. The summed E-state index contributed by atoms with van der Waals surface area (Å²) in [4.78, 5) is 14.5. The largest absolute Gasteiger partial charge is 0.497 e. The fourth-order valence-corrected chi connectivity index (χ4v) is 2.96. The first-order valence-corrected chi connectivity index (χ1v) is 7.74. The highest BCUT2D eigenvalue weighted by atomic mass is 79.9. The maximum absolute atomic E-state index is 12.7. The van der Waals surface area contributed by atoms with E-state index in [1.165, 1.54) is 0 Å². The average molecular weight is 378 g/mol. The van der Waals surface area contributed by atoms with E-state index in [0.717, 1.165) is 36.8 Å². The van der Waals surface area contributed by atoms with Crippen LogP contribution < -0.4 is 10.1 Å². The molecule has 118 valence electrons. The molecule has 0 aliphatic carbocycles. The van der Waals surface area contributed by atoms with Crippen LogP contribution in [0.15, 0.2) is 22.7 Å². The predicted molar refractivity (Wildman–Crippen MR) is 90.5 cm³/mol. The van der Waals surface area contributed by atoms with Crippen LogP contribution in [-0.2, 0) is 0 Å². The summed E-state index contributed by atoms with van der Waals surface area (Å²) in [5, 5.41) is 3.37. The average Bonchev–Trinajstić information content (AvgIpc) is 2.75. The molecule has 1 heterocycles. The van der Waals surface area contributed by atoms with Crippen LogP contribution >= 0.6 is 28.3 Å². The molecule has 21 heavy (non-hydrogen) atoms.